The first kappa shape index (κ1) is 15.6. The molecule has 0 bridgehead atoms. The molecular formula is C17H16NO4-. The number of carboxylic acids is 1. The third-order valence-electron chi connectivity index (χ3n) is 2.94. The number of rotatable bonds is 7. The molecule has 0 aliphatic heterocycles. The highest BCUT2D eigenvalue weighted by atomic mass is 16.5. The molecule has 0 aliphatic carbocycles. The summed E-state index contributed by atoms with van der Waals surface area (Å²) in [6.45, 7) is 0.441. The van der Waals surface area contributed by atoms with Gasteiger partial charge in [0, 0.05) is 12.1 Å². The molecule has 0 aromatic heterocycles. The number of carboxylic acid groups (broad SMARTS) is 1. The zero-order valence-electron chi connectivity index (χ0n) is 12.0. The van der Waals surface area contributed by atoms with Crippen molar-refractivity contribution in [2.75, 3.05) is 11.9 Å². The van der Waals surface area contributed by atoms with Gasteiger partial charge in [0.2, 0.25) is 5.91 Å². The molecule has 22 heavy (non-hydrogen) atoms. The fourth-order valence-electron chi connectivity index (χ4n) is 1.89. The fourth-order valence-corrected chi connectivity index (χ4v) is 1.89. The second kappa shape index (κ2) is 7.83. The van der Waals surface area contributed by atoms with Gasteiger partial charge in [-0.3, -0.25) is 4.79 Å². The number of nitrogens with one attached hydrogen (secondary N) is 1. The van der Waals surface area contributed by atoms with Crippen molar-refractivity contribution < 1.29 is 19.4 Å². The number of hydrogen-bond acceptors (Lipinski definition) is 4. The van der Waals surface area contributed by atoms with Gasteiger partial charge in [-0.25, -0.2) is 0 Å². The molecule has 1 amide bonds. The second-order valence-electron chi connectivity index (χ2n) is 4.68. The van der Waals surface area contributed by atoms with Gasteiger partial charge in [-0.1, -0.05) is 30.3 Å². The van der Waals surface area contributed by atoms with Crippen LogP contribution in [0.3, 0.4) is 0 Å². The van der Waals surface area contributed by atoms with Crippen molar-refractivity contribution in [1.29, 1.82) is 0 Å². The molecule has 0 fully saturated rings. The van der Waals surface area contributed by atoms with E-state index in [0.29, 0.717) is 25.1 Å². The van der Waals surface area contributed by atoms with E-state index in [1.807, 2.05) is 30.3 Å². The van der Waals surface area contributed by atoms with Crippen LogP contribution < -0.4 is 15.2 Å². The summed E-state index contributed by atoms with van der Waals surface area (Å²) in [5.74, 6) is -0.691. The van der Waals surface area contributed by atoms with E-state index in [0.717, 1.165) is 5.75 Å². The lowest BCUT2D eigenvalue weighted by molar-refractivity contribution is -0.255. The molecule has 2 rings (SSSR count). The summed E-state index contributed by atoms with van der Waals surface area (Å²) in [6, 6.07) is 15.3. The van der Waals surface area contributed by atoms with Crippen LogP contribution in [0.1, 0.15) is 23.2 Å². The molecule has 5 heteroatoms. The number of hydrogen-bond donors (Lipinski definition) is 1. The highest BCUT2D eigenvalue weighted by Gasteiger charge is 2.04. The Kier molecular flexibility index (Phi) is 5.54. The lowest BCUT2D eigenvalue weighted by atomic mass is 10.2. The van der Waals surface area contributed by atoms with Crippen LogP contribution in [0.25, 0.3) is 0 Å². The summed E-state index contributed by atoms with van der Waals surface area (Å²) in [6.07, 6.45) is 0.864. The minimum absolute atomic E-state index is 0.0326. The average Bonchev–Trinajstić information content (AvgIpc) is 2.53. The number of para-hydroxylation sites is 1. The summed E-state index contributed by atoms with van der Waals surface area (Å²) < 4.78 is 5.49. The van der Waals surface area contributed by atoms with Crippen LogP contribution in [-0.4, -0.2) is 18.5 Å². The van der Waals surface area contributed by atoms with E-state index in [4.69, 9.17) is 4.74 Å². The van der Waals surface area contributed by atoms with Crippen molar-refractivity contribution in [3.05, 3.63) is 60.2 Å². The van der Waals surface area contributed by atoms with E-state index < -0.39 is 5.97 Å². The van der Waals surface area contributed by atoms with Crippen LogP contribution >= 0.6 is 0 Å². The normalized spacial score (nSPS) is 10.0. The number of ether oxygens (including phenoxy) is 1. The molecule has 1 N–H and O–H groups in total. The van der Waals surface area contributed by atoms with Gasteiger partial charge in [0.1, 0.15) is 5.75 Å². The largest absolute Gasteiger partial charge is 0.545 e. The minimum Gasteiger partial charge on any atom is -0.545 e. The molecule has 0 heterocycles. The first-order valence-corrected chi connectivity index (χ1v) is 6.94. The van der Waals surface area contributed by atoms with Crippen molar-refractivity contribution >= 4 is 17.6 Å². The van der Waals surface area contributed by atoms with Gasteiger partial charge in [0.25, 0.3) is 0 Å². The van der Waals surface area contributed by atoms with Crippen molar-refractivity contribution in [2.45, 2.75) is 12.8 Å². The van der Waals surface area contributed by atoms with Crippen molar-refractivity contribution in [1.82, 2.24) is 0 Å². The molecule has 0 atom stereocenters. The Morgan fingerprint density at radius 3 is 2.55 bits per heavy atom. The monoisotopic (exact) mass is 298 g/mol. The Bertz CT molecular complexity index is 640. The van der Waals surface area contributed by atoms with Crippen molar-refractivity contribution in [3.63, 3.8) is 0 Å². The maximum Gasteiger partial charge on any atom is 0.224 e. The number of amides is 1. The van der Waals surface area contributed by atoms with E-state index in [1.165, 1.54) is 12.1 Å². The van der Waals surface area contributed by atoms with Gasteiger partial charge in [0.05, 0.1) is 12.6 Å². The second-order valence-corrected chi connectivity index (χ2v) is 4.68. The van der Waals surface area contributed by atoms with Gasteiger partial charge in [-0.15, -0.1) is 0 Å². The van der Waals surface area contributed by atoms with E-state index >= 15 is 0 Å². The van der Waals surface area contributed by atoms with Crippen LogP contribution in [0.2, 0.25) is 0 Å². The number of carbonyl (C=O) groups is 2. The Balaban J connectivity index is 1.74. The smallest absolute Gasteiger partial charge is 0.224 e. The van der Waals surface area contributed by atoms with Gasteiger partial charge < -0.3 is 20.0 Å². The average molecular weight is 298 g/mol. The lowest BCUT2D eigenvalue weighted by Gasteiger charge is -2.08. The van der Waals surface area contributed by atoms with E-state index in [1.54, 1.807) is 12.1 Å². The number of carbonyl (C=O) groups excluding carboxylic acids is 2. The standard InChI is InChI=1S/C17H17NO4/c19-16(10-5-11-22-15-8-2-1-3-9-15)18-14-7-4-6-13(12-14)17(20)21/h1-4,6-9,12H,5,10-11H2,(H,18,19)(H,20,21)/p-1. The SMILES string of the molecule is O=C(CCCOc1ccccc1)Nc1cccc(C(=O)[O-])c1. The van der Waals surface area contributed by atoms with Crippen molar-refractivity contribution in [3.8, 4) is 5.75 Å². The van der Waals surface area contributed by atoms with Gasteiger partial charge in [-0.2, -0.15) is 0 Å². The molecule has 2 aromatic rings. The zero-order chi connectivity index (χ0) is 15.8. The van der Waals surface area contributed by atoms with E-state index in [2.05, 4.69) is 5.32 Å². The summed E-state index contributed by atoms with van der Waals surface area (Å²) in [5, 5.41) is 13.4. The number of aromatic carboxylic acids is 1. The van der Waals surface area contributed by atoms with Crippen LogP contribution in [0.5, 0.6) is 5.75 Å². The molecule has 0 unspecified atom stereocenters. The highest BCUT2D eigenvalue weighted by Crippen LogP contribution is 2.11. The third kappa shape index (κ3) is 4.94. The van der Waals surface area contributed by atoms with Crippen LogP contribution in [-0.2, 0) is 4.79 Å². The maximum absolute atomic E-state index is 11.8. The molecule has 0 aliphatic rings. The Hall–Kier alpha value is -2.82. The predicted molar refractivity (Wildman–Crippen MR) is 80.6 cm³/mol. The number of anilines is 1. The summed E-state index contributed by atoms with van der Waals surface area (Å²) in [4.78, 5) is 22.5. The predicted octanol–water partition coefficient (Wildman–Crippen LogP) is 1.85. The zero-order valence-corrected chi connectivity index (χ0v) is 12.0. The first-order chi connectivity index (χ1) is 10.6. The van der Waals surface area contributed by atoms with E-state index in [9.17, 15) is 14.7 Å². The number of benzene rings is 2. The summed E-state index contributed by atoms with van der Waals surface area (Å²) in [5.41, 5.74) is 0.473. The molecule has 0 radical (unpaired) electrons. The van der Waals surface area contributed by atoms with Crippen LogP contribution in [0, 0.1) is 0 Å². The van der Waals surface area contributed by atoms with Crippen LogP contribution in [0.4, 0.5) is 5.69 Å². The van der Waals surface area contributed by atoms with Gasteiger partial charge >= 0.3 is 0 Å². The molecule has 0 spiro atoms. The molecule has 2 aromatic carbocycles. The Morgan fingerprint density at radius 1 is 1.05 bits per heavy atom. The van der Waals surface area contributed by atoms with Gasteiger partial charge in [0.15, 0.2) is 0 Å². The molecule has 0 saturated carbocycles. The molecular weight excluding hydrogens is 282 g/mol. The Labute approximate surface area is 128 Å². The first-order valence-electron chi connectivity index (χ1n) is 6.94. The molecule has 114 valence electrons. The van der Waals surface area contributed by atoms with Gasteiger partial charge in [-0.05, 0) is 36.2 Å². The Morgan fingerprint density at radius 2 is 1.82 bits per heavy atom. The molecule has 0 saturated heterocycles. The lowest BCUT2D eigenvalue weighted by Crippen LogP contribution is -2.22. The summed E-state index contributed by atoms with van der Waals surface area (Å²) >= 11 is 0. The maximum atomic E-state index is 11.8. The third-order valence-corrected chi connectivity index (χ3v) is 2.94. The summed E-state index contributed by atoms with van der Waals surface area (Å²) in [7, 11) is 0. The van der Waals surface area contributed by atoms with Crippen molar-refractivity contribution in [2.24, 2.45) is 0 Å². The minimum atomic E-state index is -1.27. The fraction of sp³-hybridized carbons (Fsp3) is 0.176. The topological polar surface area (TPSA) is 78.5 Å². The van der Waals surface area contributed by atoms with E-state index in [-0.39, 0.29) is 11.5 Å². The highest BCUT2D eigenvalue weighted by molar-refractivity contribution is 5.93. The quantitative estimate of drug-likeness (QED) is 0.791. The van der Waals surface area contributed by atoms with Crippen LogP contribution in [0.15, 0.2) is 54.6 Å². The molecule has 5 nitrogen and oxygen atoms in total.